The summed E-state index contributed by atoms with van der Waals surface area (Å²) < 4.78 is 2.35. The van der Waals surface area contributed by atoms with Crippen LogP contribution in [0.15, 0.2) is 108 Å². The van der Waals surface area contributed by atoms with Crippen molar-refractivity contribution in [2.24, 2.45) is 4.99 Å². The Morgan fingerprint density at radius 3 is 2.36 bits per heavy atom. The lowest BCUT2D eigenvalue weighted by Gasteiger charge is -2.28. The molecule has 0 saturated carbocycles. The molecular weight excluding hydrogens is 532 g/mol. The van der Waals surface area contributed by atoms with Crippen LogP contribution < -0.4 is 4.57 Å². The summed E-state index contributed by atoms with van der Waals surface area (Å²) >= 11 is 0. The van der Waals surface area contributed by atoms with Gasteiger partial charge in [0.2, 0.25) is 5.69 Å². The molecule has 2 aliphatic heterocycles. The normalized spacial score (nSPS) is 17.1. The van der Waals surface area contributed by atoms with E-state index < -0.39 is 0 Å². The van der Waals surface area contributed by atoms with E-state index in [0.717, 1.165) is 19.4 Å². The predicted octanol–water partition coefficient (Wildman–Crippen LogP) is 10.7. The molecule has 0 amide bonds. The van der Waals surface area contributed by atoms with E-state index in [1.54, 1.807) is 0 Å². The SMILES string of the molecule is CC=C1CCc2ccc(C3=NC=C(C)CC3)c1c2.CCCC(C)(CC)c1ccc(-c2cc[n+]3c(c2)-c2ccccc2C3)cc1. The number of fused-ring (bicyclic) bond motifs is 5. The van der Waals surface area contributed by atoms with Gasteiger partial charge in [0.25, 0.3) is 0 Å². The Labute approximate surface area is 264 Å². The maximum Gasteiger partial charge on any atom is 0.213 e. The van der Waals surface area contributed by atoms with Crippen molar-refractivity contribution in [2.75, 3.05) is 0 Å². The summed E-state index contributed by atoms with van der Waals surface area (Å²) in [6.07, 6.45) is 14.7. The summed E-state index contributed by atoms with van der Waals surface area (Å²) in [6, 6.07) is 29.5. The third kappa shape index (κ3) is 6.00. The summed E-state index contributed by atoms with van der Waals surface area (Å²) in [6.45, 7) is 12.3. The molecule has 1 aliphatic carbocycles. The van der Waals surface area contributed by atoms with Gasteiger partial charge in [0, 0.05) is 35.2 Å². The first-order valence-corrected chi connectivity index (χ1v) is 16.7. The maximum atomic E-state index is 4.64. The van der Waals surface area contributed by atoms with Gasteiger partial charge >= 0.3 is 0 Å². The van der Waals surface area contributed by atoms with Crippen LogP contribution in [0.2, 0.25) is 0 Å². The van der Waals surface area contributed by atoms with Crippen LogP contribution in [0.25, 0.3) is 28.0 Å². The number of aromatic nitrogens is 1. The Balaban J connectivity index is 0.000000167. The van der Waals surface area contributed by atoms with Crippen molar-refractivity contribution in [3.05, 3.63) is 131 Å². The average molecular weight is 580 g/mol. The Hall–Kier alpha value is -4.04. The fourth-order valence-electron chi connectivity index (χ4n) is 7.13. The maximum absolute atomic E-state index is 4.64. The molecule has 4 aromatic rings. The first-order valence-electron chi connectivity index (χ1n) is 16.7. The zero-order valence-corrected chi connectivity index (χ0v) is 27.3. The van der Waals surface area contributed by atoms with E-state index in [1.807, 2.05) is 6.20 Å². The van der Waals surface area contributed by atoms with Crippen LogP contribution in [0, 0.1) is 0 Å². The first-order chi connectivity index (χ1) is 21.4. The van der Waals surface area contributed by atoms with E-state index in [9.17, 15) is 0 Å². The number of aryl methyl sites for hydroxylation is 1. The predicted molar refractivity (Wildman–Crippen MR) is 187 cm³/mol. The van der Waals surface area contributed by atoms with Gasteiger partial charge in [-0.15, -0.1) is 0 Å². The third-order valence-electron chi connectivity index (χ3n) is 10.1. The number of hydrogen-bond acceptors (Lipinski definition) is 1. The summed E-state index contributed by atoms with van der Waals surface area (Å²) in [7, 11) is 0. The summed E-state index contributed by atoms with van der Waals surface area (Å²) in [5, 5.41) is 0. The van der Waals surface area contributed by atoms with Gasteiger partial charge in [0.05, 0.1) is 5.56 Å². The largest absolute Gasteiger partial charge is 0.261 e. The summed E-state index contributed by atoms with van der Waals surface area (Å²) in [4.78, 5) is 4.64. The molecule has 0 radical (unpaired) electrons. The molecule has 2 bridgehead atoms. The molecule has 1 unspecified atom stereocenters. The Morgan fingerprint density at radius 1 is 0.818 bits per heavy atom. The van der Waals surface area contributed by atoms with Gasteiger partial charge in [-0.2, -0.15) is 4.57 Å². The first kappa shape index (κ1) is 30.0. The van der Waals surface area contributed by atoms with Crippen molar-refractivity contribution < 1.29 is 4.57 Å². The van der Waals surface area contributed by atoms with Gasteiger partial charge in [-0.1, -0.05) is 99.5 Å². The van der Waals surface area contributed by atoms with E-state index in [4.69, 9.17) is 0 Å². The van der Waals surface area contributed by atoms with E-state index >= 15 is 0 Å². The fraction of sp³-hybridized carbons (Fsp3) is 0.333. The average Bonchev–Trinajstić information content (AvgIpc) is 3.44. The van der Waals surface area contributed by atoms with Crippen molar-refractivity contribution in [3.8, 4) is 22.4 Å². The zero-order valence-electron chi connectivity index (χ0n) is 27.3. The second-order valence-electron chi connectivity index (χ2n) is 13.1. The van der Waals surface area contributed by atoms with Crippen molar-refractivity contribution in [1.29, 1.82) is 0 Å². The highest BCUT2D eigenvalue weighted by Crippen LogP contribution is 2.35. The second-order valence-corrected chi connectivity index (χ2v) is 13.1. The lowest BCUT2D eigenvalue weighted by molar-refractivity contribution is -0.672. The van der Waals surface area contributed by atoms with Crippen LogP contribution in [-0.4, -0.2) is 5.71 Å². The van der Waals surface area contributed by atoms with Gasteiger partial charge in [0.1, 0.15) is 0 Å². The minimum atomic E-state index is 0.292. The molecule has 224 valence electrons. The number of nitrogens with zero attached hydrogens (tertiary/aromatic N) is 2. The number of aliphatic imine (C=N–C) groups is 1. The quantitative estimate of drug-likeness (QED) is 0.178. The molecule has 44 heavy (non-hydrogen) atoms. The van der Waals surface area contributed by atoms with Crippen molar-refractivity contribution in [3.63, 3.8) is 0 Å². The number of hydrogen-bond donors (Lipinski definition) is 0. The third-order valence-corrected chi connectivity index (χ3v) is 10.1. The van der Waals surface area contributed by atoms with Gasteiger partial charge < -0.3 is 0 Å². The molecule has 1 atom stereocenters. The molecule has 0 spiro atoms. The summed E-state index contributed by atoms with van der Waals surface area (Å²) in [5.41, 5.74) is 16.8. The smallest absolute Gasteiger partial charge is 0.213 e. The van der Waals surface area contributed by atoms with Crippen LogP contribution in [0.4, 0.5) is 0 Å². The molecule has 3 aromatic carbocycles. The fourth-order valence-corrected chi connectivity index (χ4v) is 7.13. The van der Waals surface area contributed by atoms with Crippen LogP contribution in [0.5, 0.6) is 0 Å². The molecule has 0 N–H and O–H groups in total. The number of benzene rings is 3. The monoisotopic (exact) mass is 579 g/mol. The van der Waals surface area contributed by atoms with Gasteiger partial charge in [-0.25, -0.2) is 0 Å². The van der Waals surface area contributed by atoms with Crippen LogP contribution in [-0.2, 0) is 18.4 Å². The van der Waals surface area contributed by atoms with E-state index in [1.165, 1.54) is 99.2 Å². The molecule has 1 aromatic heterocycles. The molecule has 7 rings (SSSR count). The van der Waals surface area contributed by atoms with Gasteiger partial charge in [0.15, 0.2) is 12.7 Å². The van der Waals surface area contributed by atoms with Gasteiger partial charge in [-0.05, 0) is 97.2 Å². The van der Waals surface area contributed by atoms with Crippen LogP contribution in [0.1, 0.15) is 101 Å². The summed E-state index contributed by atoms with van der Waals surface area (Å²) in [5.74, 6) is 0. The van der Waals surface area contributed by atoms with Crippen molar-refractivity contribution >= 4 is 11.3 Å². The lowest BCUT2D eigenvalue weighted by Crippen LogP contribution is -2.31. The highest BCUT2D eigenvalue weighted by Gasteiger charge is 2.26. The second kappa shape index (κ2) is 12.9. The van der Waals surface area contributed by atoms with Crippen LogP contribution in [0.3, 0.4) is 0 Å². The van der Waals surface area contributed by atoms with Crippen LogP contribution >= 0.6 is 0 Å². The molecule has 2 nitrogen and oxygen atoms in total. The number of rotatable bonds is 6. The molecular formula is C42H47N2+. The van der Waals surface area contributed by atoms with E-state index in [2.05, 4.69) is 135 Å². The molecule has 0 saturated heterocycles. The standard InChI is InChI=1S/C25H28N.C17H19N/c1-4-15-25(3,5-2)22-12-10-19(11-13-22)20-14-16-26-18-21-8-6-7-9-23(21)24(26)17-20;1-3-14-7-5-13-6-8-15(16(14)10-13)17-9-4-12(2)11-18-17/h6-14,16-17H,4-5,15,18H2,1-3H3;3,6,8,10-11H,4-5,7,9H2,1-2H3/q+1;. The number of allylic oxidation sites excluding steroid dienone is 3. The Kier molecular flexibility index (Phi) is 8.80. The highest BCUT2D eigenvalue weighted by molar-refractivity contribution is 6.05. The van der Waals surface area contributed by atoms with Crippen molar-refractivity contribution in [2.45, 2.75) is 91.5 Å². The topological polar surface area (TPSA) is 16.2 Å². The highest BCUT2D eigenvalue weighted by atomic mass is 15.0. The minimum Gasteiger partial charge on any atom is -0.261 e. The Bertz CT molecular complexity index is 1750. The molecule has 3 heterocycles. The van der Waals surface area contributed by atoms with E-state index in [0.29, 0.717) is 5.41 Å². The minimum absolute atomic E-state index is 0.292. The molecule has 2 heteroatoms. The van der Waals surface area contributed by atoms with E-state index in [-0.39, 0.29) is 0 Å². The lowest BCUT2D eigenvalue weighted by atomic mass is 9.76. The zero-order chi connectivity index (χ0) is 30.7. The molecule has 0 fully saturated rings. The Morgan fingerprint density at radius 2 is 1.64 bits per heavy atom. The molecule has 3 aliphatic rings. The van der Waals surface area contributed by atoms with Crippen molar-refractivity contribution in [1.82, 2.24) is 0 Å². The van der Waals surface area contributed by atoms with Gasteiger partial charge in [-0.3, -0.25) is 4.99 Å². The number of pyridine rings is 1.